The molecule has 1 aliphatic rings. The molecule has 0 aromatic heterocycles. The number of sulfonamides is 1. The molecule has 0 bridgehead atoms. The van der Waals surface area contributed by atoms with E-state index in [1.807, 2.05) is 6.92 Å². The van der Waals surface area contributed by atoms with E-state index in [-0.39, 0.29) is 16.7 Å². The first-order chi connectivity index (χ1) is 9.70. The average Bonchev–Trinajstić information content (AvgIpc) is 2.37. The molecule has 1 N–H and O–H groups in total. The molecule has 1 aromatic carbocycles. The average molecular weight is 332 g/mol. The Morgan fingerprint density at radius 1 is 1.19 bits per heavy atom. The molecule has 1 saturated heterocycles. The largest absolute Gasteiger partial charge is 0.314 e. The maximum atomic E-state index is 12.6. The third kappa shape index (κ3) is 4.03. The van der Waals surface area contributed by atoms with Gasteiger partial charge in [0.25, 0.3) is 0 Å². The zero-order valence-electron chi connectivity index (χ0n) is 12.1. The Kier molecular flexibility index (Phi) is 4.72. The zero-order valence-corrected chi connectivity index (χ0v) is 13.7. The molecule has 0 unspecified atom stereocenters. The number of piperazine rings is 1. The van der Waals surface area contributed by atoms with E-state index < -0.39 is 19.9 Å². The monoisotopic (exact) mass is 332 g/mol. The summed E-state index contributed by atoms with van der Waals surface area (Å²) in [6.07, 6.45) is 1.15. The van der Waals surface area contributed by atoms with Crippen LogP contribution in [0.4, 0.5) is 0 Å². The van der Waals surface area contributed by atoms with Gasteiger partial charge in [0.15, 0.2) is 9.84 Å². The van der Waals surface area contributed by atoms with Crippen LogP contribution in [-0.2, 0) is 25.6 Å². The fourth-order valence-electron chi connectivity index (χ4n) is 2.38. The Bertz CT molecular complexity index is 696. The van der Waals surface area contributed by atoms with E-state index in [1.54, 1.807) is 12.1 Å². The van der Waals surface area contributed by atoms with Gasteiger partial charge in [0.1, 0.15) is 0 Å². The first-order valence-electron chi connectivity index (χ1n) is 6.69. The first kappa shape index (κ1) is 16.4. The van der Waals surface area contributed by atoms with Gasteiger partial charge in [0, 0.05) is 31.9 Å². The lowest BCUT2D eigenvalue weighted by Crippen LogP contribution is -2.52. The van der Waals surface area contributed by atoms with Crippen LogP contribution in [0.25, 0.3) is 0 Å². The van der Waals surface area contributed by atoms with Crippen LogP contribution in [0.5, 0.6) is 0 Å². The molecule has 1 atom stereocenters. The van der Waals surface area contributed by atoms with E-state index >= 15 is 0 Å². The van der Waals surface area contributed by atoms with Crippen molar-refractivity contribution >= 4 is 19.9 Å². The number of hydrogen-bond donors (Lipinski definition) is 1. The topological polar surface area (TPSA) is 83.6 Å². The van der Waals surface area contributed by atoms with Gasteiger partial charge in [-0.05, 0) is 24.6 Å². The third-order valence-corrected chi connectivity index (χ3v) is 6.28. The van der Waals surface area contributed by atoms with Gasteiger partial charge in [0.05, 0.1) is 10.6 Å². The Morgan fingerprint density at radius 2 is 1.81 bits per heavy atom. The first-order valence-corrected chi connectivity index (χ1v) is 10.2. The molecule has 118 valence electrons. The van der Waals surface area contributed by atoms with Gasteiger partial charge in [0.2, 0.25) is 10.0 Å². The molecule has 0 amide bonds. The Hall–Kier alpha value is -0.960. The highest BCUT2D eigenvalue weighted by molar-refractivity contribution is 7.90. The van der Waals surface area contributed by atoms with Crippen molar-refractivity contribution in [2.24, 2.45) is 0 Å². The van der Waals surface area contributed by atoms with Crippen LogP contribution < -0.4 is 5.32 Å². The molecule has 6 nitrogen and oxygen atoms in total. The minimum atomic E-state index is -3.53. The van der Waals surface area contributed by atoms with Crippen molar-refractivity contribution in [3.63, 3.8) is 0 Å². The van der Waals surface area contributed by atoms with Crippen molar-refractivity contribution in [3.8, 4) is 0 Å². The van der Waals surface area contributed by atoms with Gasteiger partial charge in [-0.3, -0.25) is 0 Å². The maximum absolute atomic E-state index is 12.6. The molecular formula is C13H20N2O4S2. The molecule has 0 aliphatic carbocycles. The fraction of sp³-hybridized carbons (Fsp3) is 0.538. The predicted octanol–water partition coefficient (Wildman–Crippen LogP) is 0.214. The number of hydrogen-bond acceptors (Lipinski definition) is 5. The van der Waals surface area contributed by atoms with E-state index in [0.717, 1.165) is 6.26 Å². The quantitative estimate of drug-likeness (QED) is 0.852. The molecule has 0 saturated carbocycles. The predicted molar refractivity (Wildman–Crippen MR) is 81.2 cm³/mol. The third-order valence-electron chi connectivity index (χ3n) is 3.40. The van der Waals surface area contributed by atoms with Crippen LogP contribution in [0.3, 0.4) is 0 Å². The van der Waals surface area contributed by atoms with E-state index in [4.69, 9.17) is 0 Å². The summed E-state index contributed by atoms with van der Waals surface area (Å²) in [5, 5.41) is 3.15. The maximum Gasteiger partial charge on any atom is 0.243 e. The fourth-order valence-corrected chi connectivity index (χ4v) is 4.80. The van der Waals surface area contributed by atoms with Crippen molar-refractivity contribution in [2.45, 2.75) is 23.6 Å². The summed E-state index contributed by atoms with van der Waals surface area (Å²) in [6, 6.07) is 5.97. The van der Waals surface area contributed by atoms with Gasteiger partial charge < -0.3 is 5.32 Å². The summed E-state index contributed by atoms with van der Waals surface area (Å²) in [5.41, 5.74) is 0.588. The summed E-state index contributed by atoms with van der Waals surface area (Å²) in [7, 11) is -6.65. The summed E-state index contributed by atoms with van der Waals surface area (Å²) in [6.45, 7) is 3.57. The van der Waals surface area contributed by atoms with Crippen LogP contribution >= 0.6 is 0 Å². The molecule has 2 rings (SSSR count). The second-order valence-corrected chi connectivity index (χ2v) is 9.41. The van der Waals surface area contributed by atoms with E-state index in [1.165, 1.54) is 16.4 Å². The lowest BCUT2D eigenvalue weighted by atomic mass is 10.2. The second-order valence-electron chi connectivity index (χ2n) is 5.38. The van der Waals surface area contributed by atoms with Gasteiger partial charge >= 0.3 is 0 Å². The smallest absolute Gasteiger partial charge is 0.243 e. The lowest BCUT2D eigenvalue weighted by Gasteiger charge is -2.32. The second kappa shape index (κ2) is 6.04. The molecule has 0 radical (unpaired) electrons. The number of benzene rings is 1. The van der Waals surface area contributed by atoms with E-state index in [9.17, 15) is 16.8 Å². The van der Waals surface area contributed by atoms with E-state index in [2.05, 4.69) is 5.32 Å². The highest BCUT2D eigenvalue weighted by Crippen LogP contribution is 2.20. The number of nitrogens with one attached hydrogen (secondary N) is 1. The molecular weight excluding hydrogens is 312 g/mol. The summed E-state index contributed by atoms with van der Waals surface area (Å²) in [5.74, 6) is -0.0859. The molecule has 1 aliphatic heterocycles. The molecule has 0 spiro atoms. The Labute approximate surface area is 126 Å². The van der Waals surface area contributed by atoms with Crippen molar-refractivity contribution in [1.82, 2.24) is 9.62 Å². The molecule has 1 fully saturated rings. The van der Waals surface area contributed by atoms with Crippen LogP contribution in [0.15, 0.2) is 29.2 Å². The summed E-state index contributed by atoms with van der Waals surface area (Å²) in [4.78, 5) is 0.202. The normalized spacial score (nSPS) is 21.3. The minimum absolute atomic E-state index is 0.0859. The van der Waals surface area contributed by atoms with Crippen LogP contribution in [0, 0.1) is 0 Å². The highest BCUT2D eigenvalue weighted by Gasteiger charge is 2.30. The molecule has 21 heavy (non-hydrogen) atoms. The standard InChI is InChI=1S/C13H20N2O4S2/c1-11-9-14-7-8-15(11)21(18,19)13-5-3-12(4-6-13)10-20(2,16)17/h3-6,11,14H,7-10H2,1-2H3/t11-/m1/s1. The molecule has 8 heteroatoms. The SMILES string of the molecule is C[C@@H]1CNCCN1S(=O)(=O)c1ccc(CS(C)(=O)=O)cc1. The van der Waals surface area contributed by atoms with Gasteiger partial charge in [-0.15, -0.1) is 0 Å². The van der Waals surface area contributed by atoms with Gasteiger partial charge in [-0.2, -0.15) is 4.31 Å². The van der Waals surface area contributed by atoms with Crippen LogP contribution in [0.1, 0.15) is 12.5 Å². The Morgan fingerprint density at radius 3 is 2.33 bits per heavy atom. The van der Waals surface area contributed by atoms with Crippen LogP contribution in [0.2, 0.25) is 0 Å². The lowest BCUT2D eigenvalue weighted by molar-refractivity contribution is 0.284. The van der Waals surface area contributed by atoms with Crippen molar-refractivity contribution in [2.75, 3.05) is 25.9 Å². The highest BCUT2D eigenvalue weighted by atomic mass is 32.2. The van der Waals surface area contributed by atoms with Crippen molar-refractivity contribution in [3.05, 3.63) is 29.8 Å². The zero-order chi connectivity index (χ0) is 15.7. The molecule has 1 aromatic rings. The van der Waals surface area contributed by atoms with E-state index in [0.29, 0.717) is 25.2 Å². The number of nitrogens with zero attached hydrogens (tertiary/aromatic N) is 1. The minimum Gasteiger partial charge on any atom is -0.314 e. The van der Waals surface area contributed by atoms with Crippen molar-refractivity contribution in [1.29, 1.82) is 0 Å². The van der Waals surface area contributed by atoms with Crippen LogP contribution in [-0.4, -0.2) is 53.1 Å². The van der Waals surface area contributed by atoms with Gasteiger partial charge in [-0.25, -0.2) is 16.8 Å². The summed E-state index contributed by atoms with van der Waals surface area (Å²) >= 11 is 0. The summed E-state index contributed by atoms with van der Waals surface area (Å²) < 4.78 is 49.1. The van der Waals surface area contributed by atoms with Crippen molar-refractivity contribution < 1.29 is 16.8 Å². The van der Waals surface area contributed by atoms with Gasteiger partial charge in [-0.1, -0.05) is 12.1 Å². The number of rotatable bonds is 4. The Balaban J connectivity index is 2.24. The number of sulfone groups is 1. The molecule has 1 heterocycles.